The van der Waals surface area contributed by atoms with Crippen molar-refractivity contribution < 1.29 is 4.84 Å². The van der Waals surface area contributed by atoms with Crippen LogP contribution in [0.3, 0.4) is 0 Å². The predicted molar refractivity (Wildman–Crippen MR) is 95.1 cm³/mol. The van der Waals surface area contributed by atoms with Crippen molar-refractivity contribution in [3.8, 4) is 0 Å². The molecule has 0 saturated carbocycles. The van der Waals surface area contributed by atoms with Crippen molar-refractivity contribution >= 4 is 28.1 Å². The number of rotatable bonds is 3. The van der Waals surface area contributed by atoms with Gasteiger partial charge in [-0.3, -0.25) is 0 Å². The van der Waals surface area contributed by atoms with Crippen LogP contribution in [0.5, 0.6) is 0 Å². The van der Waals surface area contributed by atoms with Crippen LogP contribution in [-0.4, -0.2) is 11.8 Å². The van der Waals surface area contributed by atoms with Crippen molar-refractivity contribution in [1.29, 1.82) is 0 Å². The van der Waals surface area contributed by atoms with Crippen LogP contribution in [0.15, 0.2) is 71.9 Å². The lowest BCUT2D eigenvalue weighted by Gasteiger charge is -2.11. The largest absolute Gasteiger partial charge is 0.391 e. The van der Waals surface area contributed by atoms with Gasteiger partial charge < -0.3 is 4.84 Å². The van der Waals surface area contributed by atoms with E-state index < -0.39 is 0 Å². The van der Waals surface area contributed by atoms with Crippen molar-refractivity contribution in [2.75, 3.05) is 0 Å². The summed E-state index contributed by atoms with van der Waals surface area (Å²) in [6, 6.07) is 22.6. The Morgan fingerprint density at radius 1 is 0.957 bits per heavy atom. The minimum atomic E-state index is 0.0893. The molecule has 0 spiro atoms. The number of hydrogen-bond donors (Lipinski definition) is 0. The van der Waals surface area contributed by atoms with Gasteiger partial charge >= 0.3 is 0 Å². The molecule has 0 saturated heterocycles. The Bertz CT molecular complexity index is 865. The fraction of sp³-hybridized carbons (Fsp3) is 0.150. The average Bonchev–Trinajstić information content (AvgIpc) is 3.04. The molecule has 0 aromatic heterocycles. The van der Waals surface area contributed by atoms with E-state index >= 15 is 0 Å². The molecule has 3 aromatic rings. The van der Waals surface area contributed by atoms with Crippen LogP contribution in [0.4, 0.5) is 0 Å². The Kier molecular flexibility index (Phi) is 3.76. The Morgan fingerprint density at radius 2 is 1.74 bits per heavy atom. The van der Waals surface area contributed by atoms with Gasteiger partial charge in [-0.1, -0.05) is 71.4 Å². The zero-order chi connectivity index (χ0) is 15.6. The Balaban J connectivity index is 1.52. The van der Waals surface area contributed by atoms with E-state index in [1.807, 2.05) is 24.3 Å². The third-order valence-corrected chi connectivity index (χ3v) is 4.49. The summed E-state index contributed by atoms with van der Waals surface area (Å²) in [5.41, 5.74) is 3.38. The van der Waals surface area contributed by atoms with E-state index in [9.17, 15) is 0 Å². The summed E-state index contributed by atoms with van der Waals surface area (Å²) < 4.78 is 0. The first-order valence-electron chi connectivity index (χ1n) is 7.75. The maximum absolute atomic E-state index is 5.94. The summed E-state index contributed by atoms with van der Waals surface area (Å²) in [6.45, 7) is 0. The van der Waals surface area contributed by atoms with Gasteiger partial charge in [0.05, 0.1) is 5.71 Å². The van der Waals surface area contributed by atoms with E-state index in [0.717, 1.165) is 29.1 Å². The van der Waals surface area contributed by atoms with Gasteiger partial charge in [-0.15, -0.1) is 0 Å². The summed E-state index contributed by atoms with van der Waals surface area (Å²) in [6.07, 6.45) is 1.78. The molecule has 0 N–H and O–H groups in total. The van der Waals surface area contributed by atoms with Crippen LogP contribution in [0.2, 0.25) is 5.02 Å². The first-order chi connectivity index (χ1) is 11.3. The van der Waals surface area contributed by atoms with Crippen LogP contribution in [-0.2, 0) is 11.3 Å². The van der Waals surface area contributed by atoms with E-state index in [0.29, 0.717) is 0 Å². The zero-order valence-electron chi connectivity index (χ0n) is 12.6. The predicted octanol–water partition coefficient (Wildman–Crippen LogP) is 5.23. The lowest BCUT2D eigenvalue weighted by Crippen LogP contribution is -2.12. The second-order valence-electron chi connectivity index (χ2n) is 5.82. The Hall–Kier alpha value is -2.32. The summed E-state index contributed by atoms with van der Waals surface area (Å²) in [4.78, 5) is 5.66. The summed E-state index contributed by atoms with van der Waals surface area (Å²) in [5, 5.41) is 7.56. The normalized spacial score (nSPS) is 17.1. The molecule has 1 atom stereocenters. The van der Waals surface area contributed by atoms with Gasteiger partial charge in [-0.05, 0) is 34.0 Å². The Labute approximate surface area is 140 Å². The van der Waals surface area contributed by atoms with Crippen molar-refractivity contribution in [2.45, 2.75) is 18.9 Å². The second kappa shape index (κ2) is 6.05. The van der Waals surface area contributed by atoms with Crippen molar-refractivity contribution in [3.63, 3.8) is 0 Å². The van der Waals surface area contributed by atoms with Gasteiger partial charge in [0.15, 0.2) is 0 Å². The van der Waals surface area contributed by atoms with E-state index in [2.05, 4.69) is 47.6 Å². The fourth-order valence-electron chi connectivity index (χ4n) is 3.07. The van der Waals surface area contributed by atoms with Crippen molar-refractivity contribution in [3.05, 3.63) is 82.9 Å². The zero-order valence-corrected chi connectivity index (χ0v) is 13.3. The monoisotopic (exact) mass is 321 g/mol. The molecule has 114 valence electrons. The van der Waals surface area contributed by atoms with E-state index in [4.69, 9.17) is 16.4 Å². The van der Waals surface area contributed by atoms with E-state index in [1.165, 1.54) is 16.3 Å². The molecule has 0 amide bonds. The number of nitrogens with zero attached hydrogens (tertiary/aromatic N) is 1. The second-order valence-corrected chi connectivity index (χ2v) is 6.26. The third-order valence-electron chi connectivity index (χ3n) is 4.24. The van der Waals surface area contributed by atoms with E-state index in [1.54, 1.807) is 0 Å². The highest BCUT2D eigenvalue weighted by atomic mass is 35.5. The molecule has 3 aromatic carbocycles. The highest BCUT2D eigenvalue weighted by molar-refractivity contribution is 6.30. The van der Waals surface area contributed by atoms with Crippen molar-refractivity contribution in [1.82, 2.24) is 0 Å². The molecule has 0 bridgehead atoms. The van der Waals surface area contributed by atoms with Crippen LogP contribution >= 0.6 is 11.6 Å². The topological polar surface area (TPSA) is 21.6 Å². The molecular weight excluding hydrogens is 306 g/mol. The first-order valence-corrected chi connectivity index (χ1v) is 8.13. The summed E-state index contributed by atoms with van der Waals surface area (Å²) in [5.74, 6) is 0. The summed E-state index contributed by atoms with van der Waals surface area (Å²) >= 11 is 5.94. The number of benzene rings is 3. The molecule has 0 aliphatic carbocycles. The molecule has 2 nitrogen and oxygen atoms in total. The molecule has 1 aliphatic heterocycles. The van der Waals surface area contributed by atoms with E-state index in [-0.39, 0.29) is 6.10 Å². The smallest absolute Gasteiger partial charge is 0.137 e. The SMILES string of the molecule is Clc1ccc(C2=NOC(Cc3cccc4ccccc34)C2)cc1. The maximum Gasteiger partial charge on any atom is 0.137 e. The molecule has 0 fully saturated rings. The highest BCUT2D eigenvalue weighted by Crippen LogP contribution is 2.25. The fourth-order valence-corrected chi connectivity index (χ4v) is 3.19. The lowest BCUT2D eigenvalue weighted by atomic mass is 9.96. The van der Waals surface area contributed by atoms with Gasteiger partial charge in [-0.2, -0.15) is 0 Å². The lowest BCUT2D eigenvalue weighted by molar-refractivity contribution is 0.0861. The van der Waals surface area contributed by atoms with Crippen LogP contribution in [0.1, 0.15) is 17.5 Å². The molecule has 3 heteroatoms. The molecule has 1 heterocycles. The van der Waals surface area contributed by atoms with Gasteiger partial charge in [0.2, 0.25) is 0 Å². The van der Waals surface area contributed by atoms with Crippen LogP contribution in [0, 0.1) is 0 Å². The maximum atomic E-state index is 5.94. The molecule has 1 unspecified atom stereocenters. The number of halogens is 1. The minimum absolute atomic E-state index is 0.0893. The quantitative estimate of drug-likeness (QED) is 0.647. The molecule has 1 aliphatic rings. The van der Waals surface area contributed by atoms with Gasteiger partial charge in [0.25, 0.3) is 0 Å². The third kappa shape index (κ3) is 2.95. The van der Waals surface area contributed by atoms with Gasteiger partial charge in [0, 0.05) is 17.9 Å². The standard InChI is InChI=1S/C20H16ClNO/c21-17-10-8-15(9-11-17)20-13-18(23-22-20)12-16-6-3-5-14-4-1-2-7-19(14)16/h1-11,18H,12-13H2. The first kappa shape index (κ1) is 14.3. The number of fused-ring (bicyclic) bond motifs is 1. The van der Waals surface area contributed by atoms with Gasteiger partial charge in [0.1, 0.15) is 6.10 Å². The van der Waals surface area contributed by atoms with Crippen LogP contribution in [0.25, 0.3) is 10.8 Å². The van der Waals surface area contributed by atoms with Crippen LogP contribution < -0.4 is 0 Å². The molecule has 23 heavy (non-hydrogen) atoms. The highest BCUT2D eigenvalue weighted by Gasteiger charge is 2.23. The Morgan fingerprint density at radius 3 is 2.61 bits per heavy atom. The number of oxime groups is 1. The summed E-state index contributed by atoms with van der Waals surface area (Å²) in [7, 11) is 0. The molecule has 0 radical (unpaired) electrons. The van der Waals surface area contributed by atoms with Gasteiger partial charge in [-0.25, -0.2) is 0 Å². The van der Waals surface area contributed by atoms with Crippen molar-refractivity contribution in [2.24, 2.45) is 5.16 Å². The number of hydrogen-bond acceptors (Lipinski definition) is 2. The molecule has 4 rings (SSSR count). The molecular formula is C20H16ClNO. The minimum Gasteiger partial charge on any atom is -0.391 e. The average molecular weight is 322 g/mol.